The molecule has 0 atom stereocenters. The van der Waals surface area contributed by atoms with Crippen LogP contribution in [0.3, 0.4) is 0 Å². The zero-order valence-corrected chi connectivity index (χ0v) is 11.1. The summed E-state index contributed by atoms with van der Waals surface area (Å²) in [7, 11) is 1.57. The van der Waals surface area contributed by atoms with E-state index < -0.39 is 0 Å². The Morgan fingerprint density at radius 2 is 1.53 bits per heavy atom. The highest BCUT2D eigenvalue weighted by molar-refractivity contribution is 5.64. The van der Waals surface area contributed by atoms with E-state index in [0.29, 0.717) is 35.3 Å². The molecule has 0 aliphatic carbocycles. The van der Waals surface area contributed by atoms with Gasteiger partial charge < -0.3 is 19.9 Å². The molecule has 0 saturated heterocycles. The SMILES string of the molecule is CCOc1ccccc1Oc1cccc(OC)c1N. The van der Waals surface area contributed by atoms with Gasteiger partial charge in [-0.25, -0.2) is 0 Å². The highest BCUT2D eigenvalue weighted by Gasteiger charge is 2.10. The van der Waals surface area contributed by atoms with Crippen LogP contribution in [0.1, 0.15) is 6.92 Å². The Morgan fingerprint density at radius 1 is 0.895 bits per heavy atom. The van der Waals surface area contributed by atoms with Gasteiger partial charge in [0.25, 0.3) is 0 Å². The van der Waals surface area contributed by atoms with E-state index >= 15 is 0 Å². The summed E-state index contributed by atoms with van der Waals surface area (Å²) in [5, 5.41) is 0. The number of methoxy groups -OCH3 is 1. The molecule has 0 heterocycles. The summed E-state index contributed by atoms with van der Waals surface area (Å²) in [6.45, 7) is 2.50. The number of rotatable bonds is 5. The summed E-state index contributed by atoms with van der Waals surface area (Å²) in [6, 6.07) is 12.9. The molecule has 0 bridgehead atoms. The van der Waals surface area contributed by atoms with Crippen LogP contribution in [0.4, 0.5) is 5.69 Å². The maximum absolute atomic E-state index is 5.97. The van der Waals surface area contributed by atoms with Gasteiger partial charge in [0.15, 0.2) is 17.2 Å². The second-order valence-corrected chi connectivity index (χ2v) is 3.85. The van der Waals surface area contributed by atoms with Gasteiger partial charge in [0, 0.05) is 0 Å². The van der Waals surface area contributed by atoms with E-state index in [1.807, 2.05) is 37.3 Å². The van der Waals surface area contributed by atoms with Crippen LogP contribution in [0.2, 0.25) is 0 Å². The van der Waals surface area contributed by atoms with E-state index in [2.05, 4.69) is 0 Å². The minimum atomic E-state index is 0.469. The molecule has 0 aliphatic rings. The number of nitrogen functional groups attached to an aromatic ring is 1. The molecule has 2 aromatic rings. The number of ether oxygens (including phenoxy) is 3. The van der Waals surface area contributed by atoms with Crippen molar-refractivity contribution in [3.05, 3.63) is 42.5 Å². The molecule has 4 nitrogen and oxygen atoms in total. The third kappa shape index (κ3) is 2.91. The average Bonchev–Trinajstić information content (AvgIpc) is 2.43. The van der Waals surface area contributed by atoms with Gasteiger partial charge in [0.1, 0.15) is 11.4 Å². The van der Waals surface area contributed by atoms with Crippen LogP contribution in [0, 0.1) is 0 Å². The predicted octanol–water partition coefficient (Wildman–Crippen LogP) is 3.47. The van der Waals surface area contributed by atoms with E-state index in [9.17, 15) is 0 Å². The van der Waals surface area contributed by atoms with Gasteiger partial charge in [-0.3, -0.25) is 0 Å². The lowest BCUT2D eigenvalue weighted by Gasteiger charge is -2.14. The molecule has 2 N–H and O–H groups in total. The predicted molar refractivity (Wildman–Crippen MR) is 75.1 cm³/mol. The maximum atomic E-state index is 5.97. The monoisotopic (exact) mass is 259 g/mol. The van der Waals surface area contributed by atoms with Gasteiger partial charge in [-0.2, -0.15) is 0 Å². The van der Waals surface area contributed by atoms with Crippen molar-refractivity contribution in [2.75, 3.05) is 19.5 Å². The molecule has 0 fully saturated rings. The molecule has 4 heteroatoms. The molecule has 0 unspecified atom stereocenters. The van der Waals surface area contributed by atoms with Gasteiger partial charge in [-0.05, 0) is 31.2 Å². The molecule has 0 aliphatic heterocycles. The minimum absolute atomic E-state index is 0.469. The van der Waals surface area contributed by atoms with Crippen LogP contribution in [0.15, 0.2) is 42.5 Å². The van der Waals surface area contributed by atoms with Gasteiger partial charge in [-0.15, -0.1) is 0 Å². The van der Waals surface area contributed by atoms with Gasteiger partial charge in [-0.1, -0.05) is 18.2 Å². The first kappa shape index (κ1) is 13.1. The quantitative estimate of drug-likeness (QED) is 0.835. The topological polar surface area (TPSA) is 53.7 Å². The van der Waals surface area contributed by atoms with Crippen LogP contribution in [0.25, 0.3) is 0 Å². The summed E-state index contributed by atoms with van der Waals surface area (Å²) in [5.41, 5.74) is 6.44. The first-order valence-corrected chi connectivity index (χ1v) is 6.08. The fourth-order valence-corrected chi connectivity index (χ4v) is 1.72. The number of hydrogen-bond donors (Lipinski definition) is 1. The first-order chi connectivity index (χ1) is 9.26. The molecule has 2 aromatic carbocycles. The van der Waals surface area contributed by atoms with Crippen LogP contribution in [-0.2, 0) is 0 Å². The second-order valence-electron chi connectivity index (χ2n) is 3.85. The number of anilines is 1. The third-order valence-corrected chi connectivity index (χ3v) is 2.61. The van der Waals surface area contributed by atoms with Crippen LogP contribution in [0.5, 0.6) is 23.0 Å². The molecule has 0 saturated carbocycles. The first-order valence-electron chi connectivity index (χ1n) is 6.08. The fraction of sp³-hybridized carbons (Fsp3) is 0.200. The fourth-order valence-electron chi connectivity index (χ4n) is 1.72. The lowest BCUT2D eigenvalue weighted by atomic mass is 10.2. The van der Waals surface area contributed by atoms with Crippen LogP contribution >= 0.6 is 0 Å². The van der Waals surface area contributed by atoms with Crippen LogP contribution < -0.4 is 19.9 Å². The smallest absolute Gasteiger partial charge is 0.169 e. The van der Waals surface area contributed by atoms with Gasteiger partial charge in [0.05, 0.1) is 13.7 Å². The molecule has 0 radical (unpaired) electrons. The molecule has 19 heavy (non-hydrogen) atoms. The highest BCUT2D eigenvalue weighted by Crippen LogP contribution is 2.37. The van der Waals surface area contributed by atoms with Crippen molar-refractivity contribution < 1.29 is 14.2 Å². The standard InChI is InChI=1S/C15H17NO3/c1-3-18-11-7-4-5-8-12(11)19-14-10-6-9-13(17-2)15(14)16/h4-10H,3,16H2,1-2H3. The molecule has 0 aromatic heterocycles. The summed E-state index contributed by atoms with van der Waals surface area (Å²) < 4.78 is 16.5. The Balaban J connectivity index is 2.31. The molecule has 2 rings (SSSR count). The van der Waals surface area contributed by atoms with Crippen molar-refractivity contribution in [3.63, 3.8) is 0 Å². The van der Waals surface area contributed by atoms with Gasteiger partial charge in [0.2, 0.25) is 0 Å². The lowest BCUT2D eigenvalue weighted by molar-refractivity contribution is 0.321. The third-order valence-electron chi connectivity index (χ3n) is 2.61. The molecule has 0 spiro atoms. The maximum Gasteiger partial charge on any atom is 0.169 e. The largest absolute Gasteiger partial charge is 0.494 e. The van der Waals surface area contributed by atoms with Crippen molar-refractivity contribution >= 4 is 5.69 Å². The van der Waals surface area contributed by atoms with E-state index in [1.165, 1.54) is 0 Å². The average molecular weight is 259 g/mol. The van der Waals surface area contributed by atoms with Crippen molar-refractivity contribution in [1.29, 1.82) is 0 Å². The number of hydrogen-bond acceptors (Lipinski definition) is 4. The van der Waals surface area contributed by atoms with E-state index in [0.717, 1.165) is 0 Å². The molecular formula is C15H17NO3. The molecule has 100 valence electrons. The summed E-state index contributed by atoms with van der Waals surface area (Å²) in [5.74, 6) is 2.45. The van der Waals surface area contributed by atoms with Crippen molar-refractivity contribution in [3.8, 4) is 23.0 Å². The highest BCUT2D eigenvalue weighted by atomic mass is 16.5. The van der Waals surface area contributed by atoms with Crippen molar-refractivity contribution in [2.24, 2.45) is 0 Å². The number of nitrogens with two attached hydrogens (primary N) is 1. The van der Waals surface area contributed by atoms with E-state index in [4.69, 9.17) is 19.9 Å². The number of benzene rings is 2. The lowest BCUT2D eigenvalue weighted by Crippen LogP contribution is -1.98. The zero-order valence-electron chi connectivity index (χ0n) is 11.1. The molecule has 0 amide bonds. The summed E-state index contributed by atoms with van der Waals surface area (Å²) >= 11 is 0. The Labute approximate surface area is 112 Å². The second kappa shape index (κ2) is 6.00. The molecular weight excluding hydrogens is 242 g/mol. The van der Waals surface area contributed by atoms with Crippen LogP contribution in [-0.4, -0.2) is 13.7 Å². The summed E-state index contributed by atoms with van der Waals surface area (Å²) in [6.07, 6.45) is 0. The minimum Gasteiger partial charge on any atom is -0.494 e. The van der Waals surface area contributed by atoms with Crippen molar-refractivity contribution in [1.82, 2.24) is 0 Å². The Hall–Kier alpha value is -2.36. The van der Waals surface area contributed by atoms with E-state index in [1.54, 1.807) is 19.2 Å². The summed E-state index contributed by atoms with van der Waals surface area (Å²) in [4.78, 5) is 0. The van der Waals surface area contributed by atoms with Crippen molar-refractivity contribution in [2.45, 2.75) is 6.92 Å². The normalized spacial score (nSPS) is 10.0. The van der Waals surface area contributed by atoms with E-state index in [-0.39, 0.29) is 0 Å². The Kier molecular flexibility index (Phi) is 4.13. The Bertz CT molecular complexity index is 555. The van der Waals surface area contributed by atoms with Gasteiger partial charge >= 0.3 is 0 Å². The number of para-hydroxylation sites is 3. The Morgan fingerprint density at radius 3 is 2.21 bits per heavy atom. The zero-order chi connectivity index (χ0) is 13.7.